The molecule has 2 N–H and O–H groups in total. The summed E-state index contributed by atoms with van der Waals surface area (Å²) in [7, 11) is 0. The molecule has 0 fully saturated rings. The maximum absolute atomic E-state index is 13.6. The number of carbonyl (C=O) groups is 1. The van der Waals surface area contributed by atoms with Crippen molar-refractivity contribution in [2.75, 3.05) is 19.6 Å². The lowest BCUT2D eigenvalue weighted by molar-refractivity contribution is 0.0838. The van der Waals surface area contributed by atoms with Crippen LogP contribution in [0.2, 0.25) is 0 Å². The number of β-amino-alcohol motifs (C(OH)–C–C–N with tert-alkyl or cyclic N) is 1. The molecule has 132 valence electrons. The molecule has 0 radical (unpaired) electrons. The number of hydrogen-bond donors (Lipinski definition) is 2. The van der Waals surface area contributed by atoms with Crippen LogP contribution < -0.4 is 5.32 Å². The van der Waals surface area contributed by atoms with Gasteiger partial charge in [-0.2, -0.15) is 0 Å². The maximum atomic E-state index is 13.6. The maximum Gasteiger partial charge on any atom is 0.254 e. The molecular formula is C19H20F2N2O2. The van der Waals surface area contributed by atoms with Crippen molar-refractivity contribution in [3.05, 3.63) is 70.8 Å². The van der Waals surface area contributed by atoms with Gasteiger partial charge in [0.15, 0.2) is 0 Å². The number of benzene rings is 2. The lowest BCUT2D eigenvalue weighted by Crippen LogP contribution is -2.42. The van der Waals surface area contributed by atoms with Crippen LogP contribution >= 0.6 is 0 Å². The number of aliphatic hydroxyl groups is 1. The van der Waals surface area contributed by atoms with Crippen LogP contribution in [0.5, 0.6) is 0 Å². The lowest BCUT2D eigenvalue weighted by atomic mass is 10.00. The fraction of sp³-hybridized carbons (Fsp3) is 0.316. The second-order valence-corrected chi connectivity index (χ2v) is 6.24. The van der Waals surface area contributed by atoms with Gasteiger partial charge < -0.3 is 10.4 Å². The summed E-state index contributed by atoms with van der Waals surface area (Å²) in [6.07, 6.45) is 0.161. The van der Waals surface area contributed by atoms with Gasteiger partial charge in [0.1, 0.15) is 11.6 Å². The average molecular weight is 346 g/mol. The van der Waals surface area contributed by atoms with Crippen LogP contribution in [0.4, 0.5) is 8.78 Å². The number of hydrogen-bond acceptors (Lipinski definition) is 3. The van der Waals surface area contributed by atoms with Crippen LogP contribution in [0.1, 0.15) is 21.5 Å². The molecule has 3 rings (SSSR count). The quantitative estimate of drug-likeness (QED) is 0.872. The minimum absolute atomic E-state index is 0.00773. The molecule has 0 saturated heterocycles. The van der Waals surface area contributed by atoms with E-state index in [0.717, 1.165) is 31.6 Å². The Bertz CT molecular complexity index is 767. The van der Waals surface area contributed by atoms with Gasteiger partial charge >= 0.3 is 0 Å². The van der Waals surface area contributed by atoms with Gasteiger partial charge in [-0.25, -0.2) is 8.78 Å². The van der Waals surface area contributed by atoms with E-state index in [2.05, 4.69) is 22.3 Å². The topological polar surface area (TPSA) is 52.6 Å². The smallest absolute Gasteiger partial charge is 0.254 e. The molecule has 1 unspecified atom stereocenters. The molecule has 1 aliphatic rings. The van der Waals surface area contributed by atoms with E-state index in [9.17, 15) is 18.7 Å². The summed E-state index contributed by atoms with van der Waals surface area (Å²) in [5, 5.41) is 12.6. The summed E-state index contributed by atoms with van der Waals surface area (Å²) in [6, 6.07) is 11.0. The Labute approximate surface area is 145 Å². The van der Waals surface area contributed by atoms with Gasteiger partial charge in [0.2, 0.25) is 0 Å². The number of nitrogens with one attached hydrogen (secondary N) is 1. The first-order valence-electron chi connectivity index (χ1n) is 8.23. The summed E-state index contributed by atoms with van der Waals surface area (Å²) in [5.41, 5.74) is 2.34. The summed E-state index contributed by atoms with van der Waals surface area (Å²) < 4.78 is 26.4. The molecule has 4 nitrogen and oxygen atoms in total. The molecule has 0 bridgehead atoms. The first-order valence-corrected chi connectivity index (χ1v) is 8.23. The van der Waals surface area contributed by atoms with Crippen LogP contribution in [0.15, 0.2) is 42.5 Å². The zero-order valence-electron chi connectivity index (χ0n) is 13.7. The Kier molecular flexibility index (Phi) is 5.40. The highest BCUT2D eigenvalue weighted by Gasteiger charge is 2.19. The van der Waals surface area contributed by atoms with Gasteiger partial charge in [0.25, 0.3) is 5.91 Å². The molecule has 1 amide bonds. The molecule has 1 aliphatic heterocycles. The Morgan fingerprint density at radius 1 is 1.20 bits per heavy atom. The number of rotatable bonds is 5. The number of nitrogens with zero attached hydrogens (tertiary/aromatic N) is 1. The first-order chi connectivity index (χ1) is 12.0. The van der Waals surface area contributed by atoms with Crippen LogP contribution in [-0.2, 0) is 13.0 Å². The van der Waals surface area contributed by atoms with Crippen molar-refractivity contribution in [1.82, 2.24) is 10.2 Å². The SMILES string of the molecule is O=C(NCC(O)CN1CCc2ccccc2C1)c1ccc(F)cc1F. The van der Waals surface area contributed by atoms with E-state index in [1.54, 1.807) is 0 Å². The number of aliphatic hydroxyl groups excluding tert-OH is 1. The fourth-order valence-electron chi connectivity index (χ4n) is 3.05. The number of carbonyl (C=O) groups excluding carboxylic acids is 1. The second-order valence-electron chi connectivity index (χ2n) is 6.24. The van der Waals surface area contributed by atoms with Crippen LogP contribution in [0.3, 0.4) is 0 Å². The Balaban J connectivity index is 1.50. The van der Waals surface area contributed by atoms with Crippen molar-refractivity contribution in [2.45, 2.75) is 19.1 Å². The van der Waals surface area contributed by atoms with E-state index in [0.29, 0.717) is 12.6 Å². The molecule has 2 aromatic rings. The zero-order chi connectivity index (χ0) is 17.8. The van der Waals surface area contributed by atoms with Crippen molar-refractivity contribution >= 4 is 5.91 Å². The van der Waals surface area contributed by atoms with E-state index in [1.807, 2.05) is 12.1 Å². The van der Waals surface area contributed by atoms with Crippen LogP contribution in [0.25, 0.3) is 0 Å². The van der Waals surface area contributed by atoms with Crippen molar-refractivity contribution in [2.24, 2.45) is 0 Å². The Hall–Kier alpha value is -2.31. The molecule has 25 heavy (non-hydrogen) atoms. The van der Waals surface area contributed by atoms with Crippen LogP contribution in [0, 0.1) is 11.6 Å². The van der Waals surface area contributed by atoms with Gasteiger partial charge in [-0.1, -0.05) is 24.3 Å². The number of halogens is 2. The largest absolute Gasteiger partial charge is 0.390 e. The van der Waals surface area contributed by atoms with Gasteiger partial charge in [-0.05, 0) is 29.7 Å². The third-order valence-electron chi connectivity index (χ3n) is 4.35. The molecule has 0 saturated carbocycles. The summed E-state index contributed by atoms with van der Waals surface area (Å²) >= 11 is 0. The Morgan fingerprint density at radius 2 is 1.96 bits per heavy atom. The third-order valence-corrected chi connectivity index (χ3v) is 4.35. The summed E-state index contributed by atoms with van der Waals surface area (Å²) in [4.78, 5) is 14.1. The molecule has 0 spiro atoms. The van der Waals surface area contributed by atoms with Gasteiger partial charge in [-0.15, -0.1) is 0 Å². The summed E-state index contributed by atoms with van der Waals surface area (Å²) in [5.74, 6) is -2.32. The van der Waals surface area contributed by atoms with Gasteiger partial charge in [-0.3, -0.25) is 9.69 Å². The molecule has 1 heterocycles. The van der Waals surface area contributed by atoms with Crippen molar-refractivity contribution in [1.29, 1.82) is 0 Å². The monoisotopic (exact) mass is 346 g/mol. The Morgan fingerprint density at radius 3 is 2.72 bits per heavy atom. The molecule has 0 aliphatic carbocycles. The molecule has 1 atom stereocenters. The first kappa shape index (κ1) is 17.5. The number of fused-ring (bicyclic) bond motifs is 1. The highest BCUT2D eigenvalue weighted by molar-refractivity contribution is 5.94. The highest BCUT2D eigenvalue weighted by atomic mass is 19.1. The second kappa shape index (κ2) is 7.72. The predicted molar refractivity (Wildman–Crippen MR) is 90.1 cm³/mol. The molecule has 0 aromatic heterocycles. The highest BCUT2D eigenvalue weighted by Crippen LogP contribution is 2.18. The van der Waals surface area contributed by atoms with E-state index in [1.165, 1.54) is 11.1 Å². The van der Waals surface area contributed by atoms with Crippen molar-refractivity contribution in [3.8, 4) is 0 Å². The van der Waals surface area contributed by atoms with E-state index in [4.69, 9.17) is 0 Å². The van der Waals surface area contributed by atoms with Crippen LogP contribution in [-0.4, -0.2) is 41.7 Å². The number of amides is 1. The summed E-state index contributed by atoms with van der Waals surface area (Å²) in [6.45, 7) is 2.02. The van der Waals surface area contributed by atoms with Crippen molar-refractivity contribution < 1.29 is 18.7 Å². The fourth-order valence-corrected chi connectivity index (χ4v) is 3.05. The zero-order valence-corrected chi connectivity index (χ0v) is 13.7. The third kappa shape index (κ3) is 4.41. The predicted octanol–water partition coefficient (Wildman–Crippen LogP) is 2.11. The molecule has 2 aromatic carbocycles. The average Bonchev–Trinajstić information content (AvgIpc) is 2.59. The molecule has 6 heteroatoms. The minimum atomic E-state index is -0.917. The van der Waals surface area contributed by atoms with Crippen molar-refractivity contribution in [3.63, 3.8) is 0 Å². The van der Waals surface area contributed by atoms with Gasteiger partial charge in [0.05, 0.1) is 11.7 Å². The standard InChI is InChI=1S/C19H20F2N2O2/c20-15-5-6-17(18(21)9-15)19(25)22-10-16(24)12-23-8-7-13-3-1-2-4-14(13)11-23/h1-6,9,16,24H,7-8,10-12H2,(H,22,25). The lowest BCUT2D eigenvalue weighted by Gasteiger charge is -2.30. The van der Waals surface area contributed by atoms with E-state index in [-0.39, 0.29) is 12.1 Å². The normalized spacial score (nSPS) is 15.5. The van der Waals surface area contributed by atoms with E-state index >= 15 is 0 Å². The molecular weight excluding hydrogens is 326 g/mol. The van der Waals surface area contributed by atoms with E-state index < -0.39 is 23.6 Å². The minimum Gasteiger partial charge on any atom is -0.390 e. The van der Waals surface area contributed by atoms with Gasteiger partial charge in [0, 0.05) is 32.2 Å².